The summed E-state index contributed by atoms with van der Waals surface area (Å²) >= 11 is 6.24. The molecule has 0 spiro atoms. The van der Waals surface area contributed by atoms with Gasteiger partial charge in [-0.25, -0.2) is 0 Å². The molecule has 0 saturated heterocycles. The molecule has 0 radical (unpaired) electrons. The van der Waals surface area contributed by atoms with Gasteiger partial charge in [-0.2, -0.15) is 0 Å². The number of likely N-dealkylation sites (N-methyl/N-ethyl adjacent to an activating group) is 1. The number of rotatable bonds is 7. The van der Waals surface area contributed by atoms with Gasteiger partial charge < -0.3 is 20.7 Å². The average Bonchev–Trinajstić information content (AvgIpc) is 2.34. The Bertz CT molecular complexity index is 371. The summed E-state index contributed by atoms with van der Waals surface area (Å²) in [5.41, 5.74) is 6.76. The molecule has 1 unspecified atom stereocenters. The summed E-state index contributed by atoms with van der Waals surface area (Å²) in [6.45, 7) is 2.28. The molecule has 1 aromatic rings. The van der Waals surface area contributed by atoms with Crippen molar-refractivity contribution in [2.45, 2.75) is 6.04 Å². The third-order valence-electron chi connectivity index (χ3n) is 2.77. The number of ether oxygens (including phenoxy) is 1. The van der Waals surface area contributed by atoms with Crippen molar-refractivity contribution in [1.82, 2.24) is 10.2 Å². The molecule has 0 saturated carbocycles. The van der Waals surface area contributed by atoms with Crippen LogP contribution in [-0.4, -0.2) is 45.7 Å². The van der Waals surface area contributed by atoms with Crippen molar-refractivity contribution < 1.29 is 4.74 Å². The Kier molecular flexibility index (Phi) is 6.43. The molecule has 5 heteroatoms. The number of nitrogens with zero attached hydrogens (tertiary/aromatic N) is 1. The molecule has 18 heavy (non-hydrogen) atoms. The van der Waals surface area contributed by atoms with Crippen LogP contribution in [0.15, 0.2) is 18.2 Å². The third kappa shape index (κ3) is 4.14. The van der Waals surface area contributed by atoms with E-state index in [1.165, 1.54) is 0 Å². The zero-order valence-electron chi connectivity index (χ0n) is 11.2. The first-order chi connectivity index (χ1) is 8.60. The molecule has 0 aliphatic rings. The zero-order valence-corrected chi connectivity index (χ0v) is 12.0. The highest BCUT2D eigenvalue weighted by Gasteiger charge is 2.17. The molecule has 0 aromatic heterocycles. The van der Waals surface area contributed by atoms with Gasteiger partial charge in [-0.1, -0.05) is 17.7 Å². The van der Waals surface area contributed by atoms with Crippen LogP contribution in [0.4, 0.5) is 0 Å². The molecule has 3 N–H and O–H groups in total. The van der Waals surface area contributed by atoms with Crippen molar-refractivity contribution in [3.8, 4) is 5.75 Å². The third-order valence-corrected chi connectivity index (χ3v) is 3.10. The molecule has 4 nitrogen and oxygen atoms in total. The lowest BCUT2D eigenvalue weighted by Gasteiger charge is -2.22. The first kappa shape index (κ1) is 15.2. The highest BCUT2D eigenvalue weighted by atomic mass is 35.5. The van der Waals surface area contributed by atoms with Crippen molar-refractivity contribution >= 4 is 11.6 Å². The topological polar surface area (TPSA) is 50.5 Å². The Morgan fingerprint density at radius 2 is 2.17 bits per heavy atom. The first-order valence-electron chi connectivity index (χ1n) is 6.00. The average molecular weight is 272 g/mol. The van der Waals surface area contributed by atoms with Crippen LogP contribution < -0.4 is 15.8 Å². The summed E-state index contributed by atoms with van der Waals surface area (Å²) in [5.74, 6) is 0.773. The molecule has 0 fully saturated rings. The number of hydrogen-bond donors (Lipinski definition) is 2. The maximum absolute atomic E-state index is 6.24. The molecule has 102 valence electrons. The van der Waals surface area contributed by atoms with Gasteiger partial charge in [0, 0.05) is 36.3 Å². The molecule has 0 aliphatic carbocycles. The van der Waals surface area contributed by atoms with Crippen molar-refractivity contribution in [3.05, 3.63) is 28.8 Å². The normalized spacial score (nSPS) is 12.8. The van der Waals surface area contributed by atoms with Gasteiger partial charge in [-0.05, 0) is 26.2 Å². The van der Waals surface area contributed by atoms with E-state index in [4.69, 9.17) is 22.1 Å². The van der Waals surface area contributed by atoms with E-state index in [0.29, 0.717) is 11.6 Å². The number of halogens is 1. The fourth-order valence-corrected chi connectivity index (χ4v) is 2.10. The van der Waals surface area contributed by atoms with Crippen LogP contribution >= 0.6 is 11.6 Å². The molecular formula is C13H22ClN3O. The number of methoxy groups -OCH3 is 1. The lowest BCUT2D eigenvalue weighted by Crippen LogP contribution is -2.34. The van der Waals surface area contributed by atoms with E-state index in [0.717, 1.165) is 24.4 Å². The van der Waals surface area contributed by atoms with Gasteiger partial charge in [0.05, 0.1) is 7.11 Å². The largest absolute Gasteiger partial charge is 0.496 e. The van der Waals surface area contributed by atoms with Crippen LogP contribution in [0.25, 0.3) is 0 Å². The minimum Gasteiger partial charge on any atom is -0.496 e. The molecule has 0 bridgehead atoms. The van der Waals surface area contributed by atoms with E-state index in [1.807, 2.05) is 32.3 Å². The number of hydrogen-bond acceptors (Lipinski definition) is 4. The predicted molar refractivity (Wildman–Crippen MR) is 76.4 cm³/mol. The fourth-order valence-electron chi connectivity index (χ4n) is 1.80. The second-order valence-electron chi connectivity index (χ2n) is 4.40. The summed E-state index contributed by atoms with van der Waals surface area (Å²) in [7, 11) is 5.72. The fraction of sp³-hybridized carbons (Fsp3) is 0.538. The molecule has 0 heterocycles. The second kappa shape index (κ2) is 7.59. The minimum absolute atomic E-state index is 0.00796. The molecule has 1 rings (SSSR count). The van der Waals surface area contributed by atoms with Crippen LogP contribution in [0.5, 0.6) is 5.75 Å². The smallest absolute Gasteiger partial charge is 0.125 e. The molecule has 0 aliphatic heterocycles. The van der Waals surface area contributed by atoms with Crippen molar-refractivity contribution in [1.29, 1.82) is 0 Å². The van der Waals surface area contributed by atoms with E-state index in [1.54, 1.807) is 7.11 Å². The van der Waals surface area contributed by atoms with E-state index in [2.05, 4.69) is 10.2 Å². The van der Waals surface area contributed by atoms with E-state index in [9.17, 15) is 0 Å². The second-order valence-corrected chi connectivity index (χ2v) is 4.81. The summed E-state index contributed by atoms with van der Waals surface area (Å²) in [6.07, 6.45) is 0. The standard InChI is InChI=1S/C13H22ClN3O/c1-17(2)8-7-16-11(9-15)13-10(14)5-4-6-12(13)18-3/h4-6,11,16H,7-9,15H2,1-3H3. The SMILES string of the molecule is COc1cccc(Cl)c1C(CN)NCCN(C)C. The Morgan fingerprint density at radius 3 is 2.72 bits per heavy atom. The van der Waals surface area contributed by atoms with Crippen LogP contribution in [0.2, 0.25) is 5.02 Å². The maximum atomic E-state index is 6.24. The highest BCUT2D eigenvalue weighted by molar-refractivity contribution is 6.31. The van der Waals surface area contributed by atoms with Crippen LogP contribution in [0, 0.1) is 0 Å². The molecule has 1 aromatic carbocycles. The summed E-state index contributed by atoms with van der Waals surface area (Å²) in [5, 5.41) is 4.08. The Hall–Kier alpha value is -0.810. The Morgan fingerprint density at radius 1 is 1.44 bits per heavy atom. The van der Waals surface area contributed by atoms with Crippen molar-refractivity contribution in [2.24, 2.45) is 5.73 Å². The van der Waals surface area contributed by atoms with E-state index in [-0.39, 0.29) is 6.04 Å². The summed E-state index contributed by atoms with van der Waals surface area (Å²) in [6, 6.07) is 5.64. The molecule has 1 atom stereocenters. The van der Waals surface area contributed by atoms with Crippen LogP contribution in [0.1, 0.15) is 11.6 Å². The molecule has 0 amide bonds. The summed E-state index contributed by atoms with van der Waals surface area (Å²) < 4.78 is 5.35. The van der Waals surface area contributed by atoms with Crippen LogP contribution in [-0.2, 0) is 0 Å². The Labute approximate surface area is 114 Å². The summed E-state index contributed by atoms with van der Waals surface area (Å²) in [4.78, 5) is 2.12. The zero-order chi connectivity index (χ0) is 13.5. The maximum Gasteiger partial charge on any atom is 0.125 e. The van der Waals surface area contributed by atoms with E-state index < -0.39 is 0 Å². The van der Waals surface area contributed by atoms with Gasteiger partial charge in [0.15, 0.2) is 0 Å². The van der Waals surface area contributed by atoms with Crippen molar-refractivity contribution in [3.63, 3.8) is 0 Å². The van der Waals surface area contributed by atoms with Gasteiger partial charge in [0.25, 0.3) is 0 Å². The van der Waals surface area contributed by atoms with E-state index >= 15 is 0 Å². The minimum atomic E-state index is 0.00796. The quantitative estimate of drug-likeness (QED) is 0.789. The van der Waals surface area contributed by atoms with Gasteiger partial charge in [0.1, 0.15) is 5.75 Å². The first-order valence-corrected chi connectivity index (χ1v) is 6.38. The van der Waals surface area contributed by atoms with Crippen LogP contribution in [0.3, 0.4) is 0 Å². The number of nitrogens with one attached hydrogen (secondary N) is 1. The molecular weight excluding hydrogens is 250 g/mol. The van der Waals surface area contributed by atoms with Gasteiger partial charge in [-0.15, -0.1) is 0 Å². The van der Waals surface area contributed by atoms with Gasteiger partial charge in [-0.3, -0.25) is 0 Å². The lowest BCUT2D eigenvalue weighted by atomic mass is 10.1. The number of benzene rings is 1. The predicted octanol–water partition coefficient (Wildman–Crippen LogP) is 1.50. The number of nitrogens with two attached hydrogens (primary N) is 1. The van der Waals surface area contributed by atoms with Crippen molar-refractivity contribution in [2.75, 3.05) is 40.8 Å². The van der Waals surface area contributed by atoms with Gasteiger partial charge in [0.2, 0.25) is 0 Å². The van der Waals surface area contributed by atoms with Gasteiger partial charge >= 0.3 is 0 Å². The Balaban J connectivity index is 2.81. The monoisotopic (exact) mass is 271 g/mol. The lowest BCUT2D eigenvalue weighted by molar-refractivity contribution is 0.375. The highest BCUT2D eigenvalue weighted by Crippen LogP contribution is 2.31.